The highest BCUT2D eigenvalue weighted by atomic mass is 35.5. The minimum Gasteiger partial charge on any atom is -0.461 e. The van der Waals surface area contributed by atoms with Crippen LogP contribution in [0.1, 0.15) is 38.2 Å². The number of nitrogens with zero attached hydrogens (tertiary/aromatic N) is 4. The van der Waals surface area contributed by atoms with E-state index in [2.05, 4.69) is 33.7 Å². The molecule has 4 heterocycles. The molecule has 1 saturated heterocycles. The van der Waals surface area contributed by atoms with Gasteiger partial charge in [0.05, 0.1) is 12.9 Å². The normalized spacial score (nSPS) is 21.8. The van der Waals surface area contributed by atoms with Crippen molar-refractivity contribution in [1.82, 2.24) is 19.5 Å². The van der Waals surface area contributed by atoms with E-state index in [4.69, 9.17) is 20.8 Å². The molecule has 0 unspecified atom stereocenters. The fourth-order valence-corrected chi connectivity index (χ4v) is 3.21. The molecule has 9 heteroatoms. The molecule has 3 aromatic rings. The number of aromatic nitrogens is 4. The maximum absolute atomic E-state index is 10.4. The molecule has 1 aliphatic heterocycles. The zero-order valence-electron chi connectivity index (χ0n) is 15.2. The number of imidazole rings is 1. The molecule has 0 amide bonds. The van der Waals surface area contributed by atoms with Gasteiger partial charge >= 0.3 is 0 Å². The Kier molecular flexibility index (Phi) is 5.33. The van der Waals surface area contributed by atoms with Gasteiger partial charge in [0, 0.05) is 6.42 Å². The lowest BCUT2D eigenvalue weighted by Gasteiger charge is -2.18. The summed E-state index contributed by atoms with van der Waals surface area (Å²) in [6, 6.07) is 3.44. The Hall–Kier alpha value is -2.44. The highest BCUT2D eigenvalue weighted by molar-refractivity contribution is 6.33. The van der Waals surface area contributed by atoms with Gasteiger partial charge in [0.25, 0.3) is 0 Å². The minimum absolute atomic E-state index is 0.00192. The SMILES string of the molecule is CCCCC#Cc1nc2c(Cl)nc(-c3ccco3)nc2n1[C@@H]1OC[C@@H](O)[C@H]1O. The summed E-state index contributed by atoms with van der Waals surface area (Å²) < 4.78 is 12.5. The number of furan rings is 1. The van der Waals surface area contributed by atoms with Gasteiger partial charge in [0.1, 0.15) is 17.7 Å². The lowest BCUT2D eigenvalue weighted by Crippen LogP contribution is -2.29. The van der Waals surface area contributed by atoms with Crippen molar-refractivity contribution in [2.24, 2.45) is 0 Å². The van der Waals surface area contributed by atoms with Gasteiger partial charge in [-0.3, -0.25) is 4.57 Å². The standard InChI is InChI=1S/C19H19ClN4O4/c1-2-3-4-5-8-13-21-14-16(20)22-17(12-7-6-9-27-12)23-18(14)24(13)19-15(26)11(25)10-28-19/h6-7,9,11,15,19,25-26H,2-4,10H2,1H3/t11-,15-,19-/m1/s1. The number of halogens is 1. The molecule has 2 N–H and O–H groups in total. The monoisotopic (exact) mass is 402 g/mol. The van der Waals surface area contributed by atoms with Crippen LogP contribution in [0.15, 0.2) is 22.8 Å². The fourth-order valence-electron chi connectivity index (χ4n) is 3.00. The van der Waals surface area contributed by atoms with Crippen molar-refractivity contribution in [3.8, 4) is 23.4 Å². The smallest absolute Gasteiger partial charge is 0.199 e. The van der Waals surface area contributed by atoms with Crippen LogP contribution in [0.3, 0.4) is 0 Å². The molecule has 0 saturated carbocycles. The highest BCUT2D eigenvalue weighted by Gasteiger charge is 2.38. The first kappa shape index (κ1) is 18.9. The van der Waals surface area contributed by atoms with E-state index in [9.17, 15) is 10.2 Å². The Balaban J connectivity index is 1.88. The van der Waals surface area contributed by atoms with E-state index in [1.807, 2.05) is 0 Å². The third kappa shape index (κ3) is 3.38. The first-order chi connectivity index (χ1) is 13.6. The topological polar surface area (TPSA) is 106 Å². The van der Waals surface area contributed by atoms with E-state index in [0.717, 1.165) is 12.8 Å². The number of hydrogen-bond acceptors (Lipinski definition) is 7. The van der Waals surface area contributed by atoms with Crippen molar-refractivity contribution in [2.75, 3.05) is 6.61 Å². The summed E-state index contributed by atoms with van der Waals surface area (Å²) in [5.41, 5.74) is 0.693. The molecule has 1 fully saturated rings. The Morgan fingerprint density at radius 2 is 2.18 bits per heavy atom. The molecule has 0 radical (unpaired) electrons. The van der Waals surface area contributed by atoms with Crippen LogP contribution in [-0.4, -0.2) is 48.5 Å². The molecular formula is C19H19ClN4O4. The number of unbranched alkanes of at least 4 members (excludes halogenated alkanes) is 2. The number of rotatable bonds is 4. The van der Waals surface area contributed by atoms with Crippen LogP contribution in [0.2, 0.25) is 5.15 Å². The third-order valence-electron chi connectivity index (χ3n) is 4.47. The maximum Gasteiger partial charge on any atom is 0.199 e. The number of aliphatic hydroxyl groups excluding tert-OH is 2. The van der Waals surface area contributed by atoms with Gasteiger partial charge in [0.2, 0.25) is 0 Å². The molecule has 3 atom stereocenters. The Morgan fingerprint density at radius 1 is 1.32 bits per heavy atom. The molecular weight excluding hydrogens is 384 g/mol. The third-order valence-corrected chi connectivity index (χ3v) is 4.74. The van der Waals surface area contributed by atoms with Crippen LogP contribution < -0.4 is 0 Å². The van der Waals surface area contributed by atoms with Gasteiger partial charge in [-0.25, -0.2) is 15.0 Å². The van der Waals surface area contributed by atoms with Gasteiger partial charge in [0.15, 0.2) is 34.4 Å². The molecule has 3 aromatic heterocycles. The maximum atomic E-state index is 10.4. The number of aliphatic hydroxyl groups is 2. The second-order valence-electron chi connectivity index (χ2n) is 6.48. The molecule has 0 spiro atoms. The van der Waals surface area contributed by atoms with Gasteiger partial charge < -0.3 is 19.4 Å². The summed E-state index contributed by atoms with van der Waals surface area (Å²) in [7, 11) is 0. The van der Waals surface area contributed by atoms with Gasteiger partial charge in [-0.15, -0.1) is 0 Å². The van der Waals surface area contributed by atoms with Crippen LogP contribution >= 0.6 is 11.6 Å². The molecule has 28 heavy (non-hydrogen) atoms. The molecule has 8 nitrogen and oxygen atoms in total. The second-order valence-corrected chi connectivity index (χ2v) is 6.84. The van der Waals surface area contributed by atoms with Crippen molar-refractivity contribution in [3.05, 3.63) is 29.4 Å². The predicted octanol–water partition coefficient (Wildman–Crippen LogP) is 2.53. The van der Waals surface area contributed by atoms with Gasteiger partial charge in [-0.1, -0.05) is 30.9 Å². The molecule has 0 aromatic carbocycles. The Labute approximate surface area is 166 Å². The lowest BCUT2D eigenvalue weighted by atomic mass is 10.2. The van der Waals surface area contributed by atoms with Crippen LogP contribution in [0.5, 0.6) is 0 Å². The summed E-state index contributed by atoms with van der Waals surface area (Å²) in [6.07, 6.45) is 1.20. The van der Waals surface area contributed by atoms with Crippen molar-refractivity contribution in [1.29, 1.82) is 0 Å². The molecule has 146 valence electrons. The average Bonchev–Trinajstić information content (AvgIpc) is 3.40. The van der Waals surface area contributed by atoms with E-state index >= 15 is 0 Å². The largest absolute Gasteiger partial charge is 0.461 e. The van der Waals surface area contributed by atoms with E-state index in [0.29, 0.717) is 29.2 Å². The molecule has 0 aliphatic carbocycles. The quantitative estimate of drug-likeness (QED) is 0.392. The first-order valence-electron chi connectivity index (χ1n) is 9.06. The van der Waals surface area contributed by atoms with E-state index in [-0.39, 0.29) is 17.6 Å². The lowest BCUT2D eigenvalue weighted by molar-refractivity contribution is -0.0167. The summed E-state index contributed by atoms with van der Waals surface area (Å²) in [5, 5.41) is 20.4. The summed E-state index contributed by atoms with van der Waals surface area (Å²) in [6.45, 7) is 2.09. The fraction of sp³-hybridized carbons (Fsp3) is 0.421. The van der Waals surface area contributed by atoms with Crippen LogP contribution in [-0.2, 0) is 4.74 Å². The summed E-state index contributed by atoms with van der Waals surface area (Å²) in [4.78, 5) is 13.2. The van der Waals surface area contributed by atoms with Gasteiger partial charge in [-0.05, 0) is 24.5 Å². The van der Waals surface area contributed by atoms with Crippen LogP contribution in [0, 0.1) is 11.8 Å². The zero-order valence-corrected chi connectivity index (χ0v) is 15.9. The summed E-state index contributed by atoms with van der Waals surface area (Å²) >= 11 is 6.35. The van der Waals surface area contributed by atoms with Gasteiger partial charge in [-0.2, -0.15) is 0 Å². The molecule has 1 aliphatic rings. The van der Waals surface area contributed by atoms with E-state index in [1.54, 1.807) is 16.7 Å². The average molecular weight is 403 g/mol. The second kappa shape index (κ2) is 7.89. The number of hydrogen-bond donors (Lipinski definition) is 2. The van der Waals surface area contributed by atoms with Crippen LogP contribution in [0.4, 0.5) is 0 Å². The van der Waals surface area contributed by atoms with Crippen molar-refractivity contribution < 1.29 is 19.4 Å². The zero-order chi connectivity index (χ0) is 19.7. The first-order valence-corrected chi connectivity index (χ1v) is 9.44. The summed E-state index contributed by atoms with van der Waals surface area (Å²) in [5.74, 6) is 7.15. The molecule has 0 bridgehead atoms. The predicted molar refractivity (Wildman–Crippen MR) is 101 cm³/mol. The van der Waals surface area contributed by atoms with Crippen molar-refractivity contribution in [2.45, 2.75) is 44.6 Å². The van der Waals surface area contributed by atoms with Crippen molar-refractivity contribution >= 4 is 22.8 Å². The van der Waals surface area contributed by atoms with Crippen molar-refractivity contribution in [3.63, 3.8) is 0 Å². The van der Waals surface area contributed by atoms with E-state index in [1.165, 1.54) is 6.26 Å². The Bertz CT molecular complexity index is 1040. The number of fused-ring (bicyclic) bond motifs is 1. The van der Waals surface area contributed by atoms with E-state index < -0.39 is 18.4 Å². The number of ether oxygens (including phenoxy) is 1. The highest BCUT2D eigenvalue weighted by Crippen LogP contribution is 2.32. The molecule has 4 rings (SSSR count). The van der Waals surface area contributed by atoms with Crippen LogP contribution in [0.25, 0.3) is 22.7 Å². The Morgan fingerprint density at radius 3 is 2.86 bits per heavy atom. The minimum atomic E-state index is -1.14.